The van der Waals surface area contributed by atoms with Crippen molar-refractivity contribution in [2.75, 3.05) is 12.4 Å². The van der Waals surface area contributed by atoms with Gasteiger partial charge >= 0.3 is 5.97 Å². The summed E-state index contributed by atoms with van der Waals surface area (Å²) in [6.07, 6.45) is 0. The molecular formula is C20H15N5O10-2. The number of carbonyl (C=O) groups is 2. The van der Waals surface area contributed by atoms with E-state index in [4.69, 9.17) is 0 Å². The van der Waals surface area contributed by atoms with Gasteiger partial charge in [0.05, 0.1) is 29.3 Å². The molecule has 2 aliphatic rings. The SMILES string of the molecule is COC(=O)C(=O)C(C([O-])=C(O)Nc1ccccc1[N+](=O)[O-])c1nc2ccc(=[N+]([O-])[O-])cc-2[nH]c1O. The fraction of sp³-hybridized carbons (Fsp3) is 0.100. The number of hydrogen-bond acceptors (Lipinski definition) is 12. The molecule has 0 amide bonds. The number of carbonyl (C=O) groups excluding carboxylic acids is 2. The summed E-state index contributed by atoms with van der Waals surface area (Å²) in [5.41, 5.74) is -1.59. The van der Waals surface area contributed by atoms with Gasteiger partial charge in [-0.15, -0.1) is 0 Å². The molecule has 1 aliphatic heterocycles. The summed E-state index contributed by atoms with van der Waals surface area (Å²) < 4.78 is 4.35. The molecule has 3 rings (SSSR count). The molecule has 0 spiro atoms. The first-order valence-corrected chi connectivity index (χ1v) is 9.48. The molecule has 1 atom stereocenters. The summed E-state index contributed by atoms with van der Waals surface area (Å²) in [6, 6.07) is 8.23. The second-order valence-electron chi connectivity index (χ2n) is 6.83. The number of methoxy groups -OCH3 is 1. The zero-order chi connectivity index (χ0) is 25.9. The number of anilines is 1. The Morgan fingerprint density at radius 2 is 1.86 bits per heavy atom. The molecule has 4 N–H and O–H groups in total. The number of allylic oxidation sites excluding steroid dienone is 1. The molecule has 1 aromatic carbocycles. The molecule has 15 nitrogen and oxygen atoms in total. The summed E-state index contributed by atoms with van der Waals surface area (Å²) in [4.78, 5) is 40.6. The summed E-state index contributed by atoms with van der Waals surface area (Å²) >= 11 is 0. The lowest BCUT2D eigenvalue weighted by Crippen LogP contribution is -2.32. The Morgan fingerprint density at radius 3 is 2.49 bits per heavy atom. The summed E-state index contributed by atoms with van der Waals surface area (Å²) in [5.74, 6) is -8.93. The standard InChI is InChI=1S/C20H16N5O10/c1-35-20(30)17(27)14(16(26)19(29)22-11-4-2-3-5-13(11)25(33)34)15-18(28)23-12-8-9(24(31)32)6-7-10(12)21-15/h2-8,14H,1H3,(H5-,21,22,23,26,27,28,29,30,31,32)/q-1/p-1. The van der Waals surface area contributed by atoms with Crippen molar-refractivity contribution in [1.82, 2.24) is 14.9 Å². The van der Waals surface area contributed by atoms with Gasteiger partial charge < -0.3 is 40.8 Å². The Hall–Kier alpha value is -5.34. The number of nitrogens with zero attached hydrogens (tertiary/aromatic N) is 3. The number of esters is 1. The molecule has 0 fully saturated rings. The molecular weight excluding hydrogens is 470 g/mol. The van der Waals surface area contributed by atoms with E-state index in [-0.39, 0.29) is 22.4 Å². The predicted octanol–water partition coefficient (Wildman–Crippen LogP) is -0.0787. The van der Waals surface area contributed by atoms with Gasteiger partial charge in [-0.1, -0.05) is 17.9 Å². The van der Waals surface area contributed by atoms with E-state index in [0.717, 1.165) is 31.4 Å². The number of nitrogens with one attached hydrogen (secondary N) is 2. The third kappa shape index (κ3) is 4.87. The number of aromatic hydroxyl groups is 1. The largest absolute Gasteiger partial charge is 0.871 e. The van der Waals surface area contributed by atoms with Gasteiger partial charge in [0.15, 0.2) is 5.88 Å². The Bertz CT molecular complexity index is 1390. The minimum absolute atomic E-state index is 0.0370. The minimum atomic E-state index is -2.24. The number of benzene rings is 2. The van der Waals surface area contributed by atoms with Gasteiger partial charge in [-0.2, -0.15) is 4.90 Å². The molecule has 1 aromatic rings. The lowest BCUT2D eigenvalue weighted by molar-refractivity contribution is -0.384. The van der Waals surface area contributed by atoms with E-state index in [1.54, 1.807) is 0 Å². The number of aliphatic hydroxyl groups is 1. The lowest BCUT2D eigenvalue weighted by atomic mass is 9.96. The van der Waals surface area contributed by atoms with Gasteiger partial charge in [-0.05, 0) is 12.1 Å². The van der Waals surface area contributed by atoms with Crippen LogP contribution in [0.2, 0.25) is 0 Å². The molecule has 0 bridgehead atoms. The Kier molecular flexibility index (Phi) is 6.70. The van der Waals surface area contributed by atoms with Crippen LogP contribution < -0.4 is 20.7 Å². The molecule has 1 unspecified atom stereocenters. The zero-order valence-corrected chi connectivity index (χ0v) is 17.6. The average molecular weight is 485 g/mol. The van der Waals surface area contributed by atoms with Crippen LogP contribution in [0.5, 0.6) is 5.88 Å². The number of hydrogen-bond donors (Lipinski definition) is 4. The smallest absolute Gasteiger partial charge is 0.375 e. The van der Waals surface area contributed by atoms with Crippen molar-refractivity contribution in [2.24, 2.45) is 0 Å². The van der Waals surface area contributed by atoms with Crippen molar-refractivity contribution >= 4 is 23.1 Å². The number of aromatic amines is 1. The molecule has 182 valence electrons. The van der Waals surface area contributed by atoms with Crippen molar-refractivity contribution in [1.29, 1.82) is 0 Å². The van der Waals surface area contributed by atoms with Crippen molar-refractivity contribution in [3.63, 3.8) is 0 Å². The van der Waals surface area contributed by atoms with Crippen molar-refractivity contribution in [2.45, 2.75) is 5.92 Å². The molecule has 0 saturated carbocycles. The van der Waals surface area contributed by atoms with E-state index < -0.39 is 56.4 Å². The maximum Gasteiger partial charge on any atom is 0.375 e. The van der Waals surface area contributed by atoms with Gasteiger partial charge in [0.25, 0.3) is 11.5 Å². The highest BCUT2D eigenvalue weighted by Crippen LogP contribution is 2.33. The van der Waals surface area contributed by atoms with Crippen LogP contribution in [0, 0.1) is 20.5 Å². The summed E-state index contributed by atoms with van der Waals surface area (Å²) in [5, 5.41) is 68.7. The van der Waals surface area contributed by atoms with Gasteiger partial charge in [-0.25, -0.2) is 9.78 Å². The van der Waals surface area contributed by atoms with Gasteiger partial charge in [0.2, 0.25) is 11.2 Å². The predicted molar refractivity (Wildman–Crippen MR) is 115 cm³/mol. The number of rotatable bonds is 7. The van der Waals surface area contributed by atoms with E-state index in [9.17, 15) is 45.4 Å². The van der Waals surface area contributed by atoms with Crippen LogP contribution in [0.4, 0.5) is 11.4 Å². The number of aromatic nitrogens is 2. The van der Waals surface area contributed by atoms with Crippen LogP contribution in [-0.4, -0.2) is 44.0 Å². The molecule has 0 radical (unpaired) electrons. The molecule has 1 heterocycles. The topological polar surface area (TPSA) is 240 Å². The van der Waals surface area contributed by atoms with Crippen molar-refractivity contribution in [3.05, 3.63) is 85.7 Å². The zero-order valence-electron chi connectivity index (χ0n) is 17.6. The second-order valence-corrected chi connectivity index (χ2v) is 6.83. The molecule has 35 heavy (non-hydrogen) atoms. The van der Waals surface area contributed by atoms with Gasteiger partial charge in [0.1, 0.15) is 11.4 Å². The number of nitro groups is 1. The fourth-order valence-corrected chi connectivity index (χ4v) is 3.06. The number of aliphatic hydroxyl groups excluding tert-OH is 1. The average Bonchev–Trinajstić information content (AvgIpc) is 2.83. The van der Waals surface area contributed by atoms with Gasteiger partial charge in [-0.3, -0.25) is 14.9 Å². The van der Waals surface area contributed by atoms with E-state index in [1.165, 1.54) is 18.2 Å². The monoisotopic (exact) mass is 485 g/mol. The van der Waals surface area contributed by atoms with Crippen LogP contribution in [0.25, 0.3) is 11.4 Å². The molecule has 0 saturated heterocycles. The number of ether oxygens (including phenoxy) is 1. The van der Waals surface area contributed by atoms with Crippen LogP contribution in [-0.2, 0) is 14.3 Å². The normalized spacial score (nSPS) is 12.4. The van der Waals surface area contributed by atoms with Crippen molar-refractivity contribution in [3.8, 4) is 17.3 Å². The first kappa shape index (κ1) is 24.3. The molecule has 15 heteroatoms. The fourth-order valence-electron chi connectivity index (χ4n) is 3.06. The van der Waals surface area contributed by atoms with Crippen LogP contribution in [0.3, 0.4) is 0 Å². The molecule has 1 aliphatic carbocycles. The Balaban J connectivity index is 2.18. The third-order valence-electron chi connectivity index (χ3n) is 4.70. The highest BCUT2D eigenvalue weighted by molar-refractivity contribution is 6.36. The van der Waals surface area contributed by atoms with Crippen LogP contribution in [0.15, 0.2) is 54.1 Å². The highest BCUT2D eigenvalue weighted by Gasteiger charge is 2.33. The van der Waals surface area contributed by atoms with Crippen LogP contribution in [0.1, 0.15) is 11.6 Å². The van der Waals surface area contributed by atoms with Gasteiger partial charge in [0, 0.05) is 18.2 Å². The van der Waals surface area contributed by atoms with E-state index in [2.05, 4.69) is 20.0 Å². The Morgan fingerprint density at radius 1 is 1.17 bits per heavy atom. The molecule has 0 aromatic heterocycles. The quantitative estimate of drug-likeness (QED) is 0.113. The number of Topliss-reactive ketones (excluding diaryl/α,β-unsaturated/α-hetero) is 1. The highest BCUT2D eigenvalue weighted by atomic mass is 16.8. The number of fused-ring (bicyclic) bond motifs is 1. The first-order valence-electron chi connectivity index (χ1n) is 9.48. The van der Waals surface area contributed by atoms with E-state index in [1.807, 2.05) is 0 Å². The van der Waals surface area contributed by atoms with E-state index in [0.29, 0.717) is 0 Å². The maximum atomic E-state index is 13.0. The Labute approximate surface area is 194 Å². The number of H-pyrrole nitrogens is 1. The number of ketones is 1. The van der Waals surface area contributed by atoms with Crippen LogP contribution >= 0.6 is 0 Å². The van der Waals surface area contributed by atoms with E-state index >= 15 is 0 Å². The maximum absolute atomic E-state index is 13.0. The summed E-state index contributed by atoms with van der Waals surface area (Å²) in [6.45, 7) is 0. The minimum Gasteiger partial charge on any atom is -0.871 e. The first-order chi connectivity index (χ1) is 16.5. The third-order valence-corrected chi connectivity index (χ3v) is 4.70. The number of nitro benzene ring substituents is 1. The number of para-hydroxylation sites is 2. The van der Waals surface area contributed by atoms with Crippen molar-refractivity contribution < 1.29 is 34.6 Å². The second kappa shape index (κ2) is 9.65. The summed E-state index contributed by atoms with van der Waals surface area (Å²) in [7, 11) is 0.857. The lowest BCUT2D eigenvalue weighted by Gasteiger charge is -2.25.